The summed E-state index contributed by atoms with van der Waals surface area (Å²) in [6, 6.07) is 0. The molecule has 0 aromatic heterocycles. The maximum absolute atomic E-state index is 12.5. The Balaban J connectivity index is 2.12. The Bertz CT molecular complexity index is 387. The van der Waals surface area contributed by atoms with E-state index in [-0.39, 0.29) is 0 Å². The fourth-order valence-corrected chi connectivity index (χ4v) is 4.20. The van der Waals surface area contributed by atoms with Gasteiger partial charge in [-0.15, -0.1) is 0 Å². The second-order valence-electron chi connectivity index (χ2n) is 8.86. The van der Waals surface area contributed by atoms with Gasteiger partial charge in [0.2, 0.25) is 11.8 Å². The van der Waals surface area contributed by atoms with Crippen molar-refractivity contribution in [2.45, 2.75) is 123 Å². The Labute approximate surface area is 180 Å². The van der Waals surface area contributed by atoms with Gasteiger partial charge in [0.05, 0.1) is 0 Å². The van der Waals surface area contributed by atoms with E-state index >= 15 is 0 Å². The molecule has 0 bridgehead atoms. The van der Waals surface area contributed by atoms with E-state index in [1.165, 1.54) is 77.0 Å². The maximum atomic E-state index is 12.5. The van der Waals surface area contributed by atoms with Crippen molar-refractivity contribution in [2.24, 2.45) is 0 Å². The lowest BCUT2D eigenvalue weighted by Crippen LogP contribution is -2.37. The highest BCUT2D eigenvalue weighted by Gasteiger charge is 2.21. The zero-order valence-corrected chi connectivity index (χ0v) is 19.6. The van der Waals surface area contributed by atoms with Crippen LogP contribution in [0.1, 0.15) is 123 Å². The van der Waals surface area contributed by atoms with Crippen LogP contribution in [0.15, 0.2) is 0 Å². The summed E-state index contributed by atoms with van der Waals surface area (Å²) in [4.78, 5) is 29.0. The molecule has 4 nitrogen and oxygen atoms in total. The first-order chi connectivity index (χ1) is 14.2. The SMILES string of the molecule is CCCCCCCCCC(=O)N1CCCN(C(=O)CCCCCCCCC)CC1. The average Bonchev–Trinajstić information content (AvgIpc) is 2.98. The second-order valence-corrected chi connectivity index (χ2v) is 8.86. The van der Waals surface area contributed by atoms with Crippen molar-refractivity contribution in [1.29, 1.82) is 0 Å². The van der Waals surface area contributed by atoms with Crippen LogP contribution in [0.3, 0.4) is 0 Å². The van der Waals surface area contributed by atoms with Crippen molar-refractivity contribution in [3.05, 3.63) is 0 Å². The number of rotatable bonds is 16. The molecule has 1 saturated heterocycles. The molecule has 1 fully saturated rings. The van der Waals surface area contributed by atoms with E-state index < -0.39 is 0 Å². The van der Waals surface area contributed by atoms with E-state index in [0.29, 0.717) is 24.7 Å². The van der Waals surface area contributed by atoms with E-state index in [1.807, 2.05) is 9.80 Å². The largest absolute Gasteiger partial charge is 0.341 e. The molecule has 1 rings (SSSR count). The number of nitrogens with zero attached hydrogens (tertiary/aromatic N) is 2. The maximum Gasteiger partial charge on any atom is 0.222 e. The first-order valence-electron chi connectivity index (χ1n) is 12.7. The van der Waals surface area contributed by atoms with Crippen LogP contribution in [0.2, 0.25) is 0 Å². The minimum Gasteiger partial charge on any atom is -0.341 e. The van der Waals surface area contributed by atoms with Crippen LogP contribution >= 0.6 is 0 Å². The van der Waals surface area contributed by atoms with Gasteiger partial charge in [-0.25, -0.2) is 0 Å². The minimum absolute atomic E-state index is 0.292. The van der Waals surface area contributed by atoms with Crippen LogP contribution < -0.4 is 0 Å². The van der Waals surface area contributed by atoms with Gasteiger partial charge in [-0.05, 0) is 19.3 Å². The predicted octanol–water partition coefficient (Wildman–Crippen LogP) is 6.33. The topological polar surface area (TPSA) is 40.6 Å². The van der Waals surface area contributed by atoms with Gasteiger partial charge in [0.15, 0.2) is 0 Å². The van der Waals surface area contributed by atoms with Crippen molar-refractivity contribution in [3.8, 4) is 0 Å². The first-order valence-corrected chi connectivity index (χ1v) is 12.7. The Kier molecular flexibility index (Phi) is 15.9. The molecule has 0 spiro atoms. The molecule has 170 valence electrons. The third-order valence-electron chi connectivity index (χ3n) is 6.19. The van der Waals surface area contributed by atoms with Crippen molar-refractivity contribution in [1.82, 2.24) is 9.80 Å². The van der Waals surface area contributed by atoms with Gasteiger partial charge in [0.1, 0.15) is 0 Å². The van der Waals surface area contributed by atoms with Gasteiger partial charge < -0.3 is 9.80 Å². The molecular weight excluding hydrogens is 360 g/mol. The van der Waals surface area contributed by atoms with Crippen molar-refractivity contribution in [3.63, 3.8) is 0 Å². The molecule has 1 aliphatic rings. The molecule has 0 atom stereocenters. The quantitative estimate of drug-likeness (QED) is 0.280. The number of carbonyl (C=O) groups excluding carboxylic acids is 2. The van der Waals surface area contributed by atoms with Gasteiger partial charge in [-0.2, -0.15) is 0 Å². The van der Waals surface area contributed by atoms with Gasteiger partial charge in [0.25, 0.3) is 0 Å². The molecule has 29 heavy (non-hydrogen) atoms. The second kappa shape index (κ2) is 17.8. The molecule has 0 unspecified atom stereocenters. The Morgan fingerprint density at radius 2 is 0.862 bits per heavy atom. The summed E-state index contributed by atoms with van der Waals surface area (Å²) < 4.78 is 0. The first kappa shape index (κ1) is 26.0. The molecule has 0 aromatic rings. The van der Waals surface area contributed by atoms with Gasteiger partial charge >= 0.3 is 0 Å². The highest BCUT2D eigenvalue weighted by molar-refractivity contribution is 5.77. The molecule has 1 heterocycles. The molecule has 4 heteroatoms. The van der Waals surface area contributed by atoms with Crippen LogP contribution in [-0.2, 0) is 9.59 Å². The number of unbranched alkanes of at least 4 members (excludes halogenated alkanes) is 12. The molecule has 2 amide bonds. The number of carbonyl (C=O) groups is 2. The smallest absolute Gasteiger partial charge is 0.222 e. The van der Waals surface area contributed by atoms with Crippen LogP contribution in [0.25, 0.3) is 0 Å². The van der Waals surface area contributed by atoms with Crippen molar-refractivity contribution in [2.75, 3.05) is 26.2 Å². The molecule has 0 saturated carbocycles. The van der Waals surface area contributed by atoms with Gasteiger partial charge in [-0.3, -0.25) is 9.59 Å². The van der Waals surface area contributed by atoms with E-state index in [2.05, 4.69) is 13.8 Å². The lowest BCUT2D eigenvalue weighted by atomic mass is 10.1. The third-order valence-corrected chi connectivity index (χ3v) is 6.19. The summed E-state index contributed by atoms with van der Waals surface area (Å²) in [5, 5.41) is 0. The Morgan fingerprint density at radius 1 is 0.517 bits per heavy atom. The summed E-state index contributed by atoms with van der Waals surface area (Å²) in [6.07, 6.45) is 19.7. The number of hydrogen-bond acceptors (Lipinski definition) is 2. The van der Waals surface area contributed by atoms with Crippen LogP contribution in [0.5, 0.6) is 0 Å². The zero-order valence-electron chi connectivity index (χ0n) is 19.6. The molecular formula is C25H48N2O2. The zero-order chi connectivity index (χ0) is 21.2. The van der Waals surface area contributed by atoms with Crippen LogP contribution in [-0.4, -0.2) is 47.8 Å². The number of hydrogen-bond donors (Lipinski definition) is 0. The fourth-order valence-electron chi connectivity index (χ4n) is 4.20. The highest BCUT2D eigenvalue weighted by Crippen LogP contribution is 2.13. The standard InChI is InChI=1S/C25H48N2O2/c1-3-5-7-9-11-13-15-18-24(28)26-20-17-21-27(23-22-26)25(29)19-16-14-12-10-8-6-4-2/h3-23H2,1-2H3. The lowest BCUT2D eigenvalue weighted by Gasteiger charge is -2.22. The highest BCUT2D eigenvalue weighted by atomic mass is 16.2. The molecule has 1 aliphatic heterocycles. The molecule has 0 N–H and O–H groups in total. The monoisotopic (exact) mass is 408 g/mol. The summed E-state index contributed by atoms with van der Waals surface area (Å²) in [6.45, 7) is 7.55. The van der Waals surface area contributed by atoms with Crippen molar-refractivity contribution < 1.29 is 9.59 Å². The van der Waals surface area contributed by atoms with Crippen molar-refractivity contribution >= 4 is 11.8 Å². The summed E-state index contributed by atoms with van der Waals surface area (Å²) in [5.74, 6) is 0.583. The Morgan fingerprint density at radius 3 is 1.24 bits per heavy atom. The molecule has 0 aliphatic carbocycles. The van der Waals surface area contributed by atoms with E-state index in [4.69, 9.17) is 0 Å². The lowest BCUT2D eigenvalue weighted by molar-refractivity contribution is -0.133. The Hall–Kier alpha value is -1.06. The predicted molar refractivity (Wildman–Crippen MR) is 123 cm³/mol. The van der Waals surface area contributed by atoms with E-state index in [9.17, 15) is 9.59 Å². The fraction of sp³-hybridized carbons (Fsp3) is 0.920. The van der Waals surface area contributed by atoms with Gasteiger partial charge in [-0.1, -0.05) is 90.9 Å². The van der Waals surface area contributed by atoms with E-state index in [1.54, 1.807) is 0 Å². The normalized spacial score (nSPS) is 14.8. The van der Waals surface area contributed by atoms with E-state index in [0.717, 1.165) is 45.4 Å². The minimum atomic E-state index is 0.292. The molecule has 0 radical (unpaired) electrons. The van der Waals surface area contributed by atoms with Crippen LogP contribution in [0.4, 0.5) is 0 Å². The summed E-state index contributed by atoms with van der Waals surface area (Å²) >= 11 is 0. The average molecular weight is 409 g/mol. The number of amides is 2. The summed E-state index contributed by atoms with van der Waals surface area (Å²) in [5.41, 5.74) is 0. The summed E-state index contributed by atoms with van der Waals surface area (Å²) in [7, 11) is 0. The third kappa shape index (κ3) is 13.0. The molecule has 0 aromatic carbocycles. The van der Waals surface area contributed by atoms with Crippen LogP contribution in [0, 0.1) is 0 Å². The van der Waals surface area contributed by atoms with Gasteiger partial charge in [0, 0.05) is 39.0 Å².